The van der Waals surface area contributed by atoms with Crippen molar-refractivity contribution in [1.82, 2.24) is 0 Å². The summed E-state index contributed by atoms with van der Waals surface area (Å²) in [4.78, 5) is 38.0. The lowest BCUT2D eigenvalue weighted by Crippen LogP contribution is -2.30. The number of carbonyl (C=O) groups is 3. The summed E-state index contributed by atoms with van der Waals surface area (Å²) in [7, 11) is 0. The lowest BCUT2D eigenvalue weighted by Gasteiger charge is -2.18. The van der Waals surface area contributed by atoms with Crippen molar-refractivity contribution in [3.63, 3.8) is 0 Å². The molecule has 0 aromatic rings. The Kier molecular flexibility index (Phi) is 54.3. The standard InChI is InChI=1S/C63H108O6/c1-4-7-10-13-16-19-21-23-25-27-29-31-33-35-37-39-41-44-47-50-53-56-62(65)68-59-60(58-67-61(64)55-52-49-46-43-18-15-12-9-6-3)69-63(66)57-54-51-48-45-42-40-38-36-34-32-30-28-26-24-22-20-17-14-11-8-5-2/h7,10,16,19,23,25,28-31,35,37,41,44,60H,4-6,8-9,11-15,17-18,20-22,24,26-27,32-34,36,38-40,42-43,45-59H2,1-3H3/b10-7-,19-16-,25-23-,30-28-,31-29-,37-35-,44-41-. The van der Waals surface area contributed by atoms with E-state index >= 15 is 0 Å². The van der Waals surface area contributed by atoms with Crippen molar-refractivity contribution < 1.29 is 28.6 Å². The smallest absolute Gasteiger partial charge is 0.306 e. The lowest BCUT2D eigenvalue weighted by molar-refractivity contribution is -0.167. The summed E-state index contributed by atoms with van der Waals surface area (Å²) in [6.45, 7) is 6.48. The van der Waals surface area contributed by atoms with Crippen LogP contribution in [0.25, 0.3) is 0 Å². The van der Waals surface area contributed by atoms with Gasteiger partial charge in [-0.05, 0) is 96.3 Å². The molecule has 69 heavy (non-hydrogen) atoms. The third kappa shape index (κ3) is 55.4. The molecule has 6 nitrogen and oxygen atoms in total. The van der Waals surface area contributed by atoms with E-state index in [-0.39, 0.29) is 31.1 Å². The number of hydrogen-bond donors (Lipinski definition) is 0. The second-order valence-electron chi connectivity index (χ2n) is 19.2. The van der Waals surface area contributed by atoms with Crippen LogP contribution in [0.5, 0.6) is 0 Å². The van der Waals surface area contributed by atoms with Gasteiger partial charge in [0.05, 0.1) is 0 Å². The first-order chi connectivity index (χ1) is 34.0. The minimum absolute atomic E-state index is 0.0897. The molecule has 0 N–H and O–H groups in total. The fourth-order valence-corrected chi connectivity index (χ4v) is 8.03. The van der Waals surface area contributed by atoms with Crippen molar-refractivity contribution in [2.24, 2.45) is 0 Å². The second-order valence-corrected chi connectivity index (χ2v) is 19.2. The van der Waals surface area contributed by atoms with Crippen LogP contribution in [-0.4, -0.2) is 37.2 Å². The van der Waals surface area contributed by atoms with Crippen molar-refractivity contribution in [2.45, 2.75) is 284 Å². The van der Waals surface area contributed by atoms with Gasteiger partial charge >= 0.3 is 17.9 Å². The fraction of sp³-hybridized carbons (Fsp3) is 0.730. The first-order valence-corrected chi connectivity index (χ1v) is 29.1. The molecule has 0 heterocycles. The number of allylic oxidation sites excluding steroid dienone is 14. The molecule has 0 aromatic heterocycles. The Hall–Kier alpha value is -3.41. The highest BCUT2D eigenvalue weighted by Gasteiger charge is 2.19. The van der Waals surface area contributed by atoms with Crippen LogP contribution in [-0.2, 0) is 28.6 Å². The molecule has 0 aromatic carbocycles. The minimum Gasteiger partial charge on any atom is -0.462 e. The van der Waals surface area contributed by atoms with Crippen molar-refractivity contribution >= 4 is 17.9 Å². The molecule has 0 aliphatic heterocycles. The Morgan fingerprint density at radius 1 is 0.304 bits per heavy atom. The van der Waals surface area contributed by atoms with Gasteiger partial charge in [0.15, 0.2) is 6.10 Å². The molecule has 0 bridgehead atoms. The Labute approximate surface area is 426 Å². The third-order valence-electron chi connectivity index (χ3n) is 12.4. The minimum atomic E-state index is -0.794. The van der Waals surface area contributed by atoms with E-state index in [9.17, 15) is 14.4 Å². The van der Waals surface area contributed by atoms with Gasteiger partial charge in [0, 0.05) is 19.3 Å². The van der Waals surface area contributed by atoms with Crippen LogP contribution in [0, 0.1) is 0 Å². The number of ether oxygens (including phenoxy) is 3. The average Bonchev–Trinajstić information content (AvgIpc) is 3.35. The number of esters is 3. The molecule has 396 valence electrons. The van der Waals surface area contributed by atoms with Gasteiger partial charge in [-0.15, -0.1) is 0 Å². The molecule has 1 unspecified atom stereocenters. The van der Waals surface area contributed by atoms with Gasteiger partial charge in [-0.3, -0.25) is 14.4 Å². The lowest BCUT2D eigenvalue weighted by atomic mass is 10.1. The maximum atomic E-state index is 12.8. The molecule has 0 saturated heterocycles. The summed E-state index contributed by atoms with van der Waals surface area (Å²) in [5.41, 5.74) is 0. The van der Waals surface area contributed by atoms with E-state index < -0.39 is 6.10 Å². The molecular formula is C63H108O6. The Morgan fingerprint density at radius 2 is 0.565 bits per heavy atom. The van der Waals surface area contributed by atoms with E-state index in [4.69, 9.17) is 14.2 Å². The zero-order chi connectivity index (χ0) is 50.0. The Morgan fingerprint density at radius 3 is 0.928 bits per heavy atom. The predicted octanol–water partition coefficient (Wildman–Crippen LogP) is 19.5. The first kappa shape index (κ1) is 65.6. The fourth-order valence-electron chi connectivity index (χ4n) is 8.03. The van der Waals surface area contributed by atoms with Gasteiger partial charge in [0.1, 0.15) is 13.2 Å². The van der Waals surface area contributed by atoms with Crippen molar-refractivity contribution in [1.29, 1.82) is 0 Å². The van der Waals surface area contributed by atoms with Gasteiger partial charge in [0.2, 0.25) is 0 Å². The molecule has 0 spiro atoms. The van der Waals surface area contributed by atoms with Crippen molar-refractivity contribution in [3.8, 4) is 0 Å². The van der Waals surface area contributed by atoms with E-state index in [1.165, 1.54) is 141 Å². The quantitative estimate of drug-likeness (QED) is 0.0262. The average molecular weight is 962 g/mol. The molecule has 1 atom stereocenters. The summed E-state index contributed by atoms with van der Waals surface area (Å²) >= 11 is 0. The predicted molar refractivity (Wildman–Crippen MR) is 297 cm³/mol. The molecular weight excluding hydrogens is 853 g/mol. The van der Waals surface area contributed by atoms with Crippen LogP contribution in [0.2, 0.25) is 0 Å². The maximum Gasteiger partial charge on any atom is 0.306 e. The van der Waals surface area contributed by atoms with Crippen LogP contribution < -0.4 is 0 Å². The number of rotatable bonds is 52. The summed E-state index contributed by atoms with van der Waals surface area (Å²) in [6.07, 6.45) is 74.4. The van der Waals surface area contributed by atoms with Gasteiger partial charge in [-0.1, -0.05) is 247 Å². The number of unbranched alkanes of at least 4 members (excludes halogenated alkanes) is 27. The number of hydrogen-bond acceptors (Lipinski definition) is 6. The Bertz CT molecular complexity index is 1330. The molecule has 0 rings (SSSR count). The van der Waals surface area contributed by atoms with Crippen LogP contribution in [0.1, 0.15) is 278 Å². The van der Waals surface area contributed by atoms with Gasteiger partial charge in [0.25, 0.3) is 0 Å². The normalized spacial score (nSPS) is 12.7. The SMILES string of the molecule is CC/C=C\C/C=C\C/C=C\C/C=C\C/C=C\C/C=C\CCCCC(=O)OCC(COC(=O)CCCCCCCCCCC)OC(=O)CCCCCCCCCCC/C=C\CCCCCCCCCC. The van der Waals surface area contributed by atoms with Crippen LogP contribution in [0.15, 0.2) is 85.1 Å². The molecule has 0 aliphatic carbocycles. The summed E-state index contributed by atoms with van der Waals surface area (Å²) < 4.78 is 16.8. The van der Waals surface area contributed by atoms with Crippen LogP contribution >= 0.6 is 0 Å². The molecule has 0 amide bonds. The van der Waals surface area contributed by atoms with E-state index in [0.29, 0.717) is 19.3 Å². The molecule has 0 saturated carbocycles. The Balaban J connectivity index is 4.35. The monoisotopic (exact) mass is 961 g/mol. The largest absolute Gasteiger partial charge is 0.462 e. The molecule has 0 aliphatic rings. The van der Waals surface area contributed by atoms with Crippen LogP contribution in [0.4, 0.5) is 0 Å². The molecule has 6 heteroatoms. The highest BCUT2D eigenvalue weighted by Crippen LogP contribution is 2.15. The van der Waals surface area contributed by atoms with Crippen molar-refractivity contribution in [3.05, 3.63) is 85.1 Å². The topological polar surface area (TPSA) is 78.9 Å². The first-order valence-electron chi connectivity index (χ1n) is 29.1. The van der Waals surface area contributed by atoms with Crippen molar-refractivity contribution in [2.75, 3.05) is 13.2 Å². The van der Waals surface area contributed by atoms with E-state index in [2.05, 4.69) is 106 Å². The van der Waals surface area contributed by atoms with E-state index in [1.807, 2.05) is 0 Å². The van der Waals surface area contributed by atoms with Gasteiger partial charge in [-0.2, -0.15) is 0 Å². The third-order valence-corrected chi connectivity index (χ3v) is 12.4. The summed E-state index contributed by atoms with van der Waals surface area (Å²) in [6, 6.07) is 0. The number of carbonyl (C=O) groups excluding carboxylic acids is 3. The van der Waals surface area contributed by atoms with E-state index in [1.54, 1.807) is 0 Å². The highest BCUT2D eigenvalue weighted by atomic mass is 16.6. The molecule has 0 fully saturated rings. The molecule has 0 radical (unpaired) electrons. The van der Waals surface area contributed by atoms with Gasteiger partial charge < -0.3 is 14.2 Å². The van der Waals surface area contributed by atoms with Gasteiger partial charge in [-0.25, -0.2) is 0 Å². The summed E-state index contributed by atoms with van der Waals surface area (Å²) in [5, 5.41) is 0. The van der Waals surface area contributed by atoms with E-state index in [0.717, 1.165) is 96.3 Å². The maximum absolute atomic E-state index is 12.8. The highest BCUT2D eigenvalue weighted by molar-refractivity contribution is 5.71. The zero-order valence-corrected chi connectivity index (χ0v) is 45.3. The zero-order valence-electron chi connectivity index (χ0n) is 45.3. The second kappa shape index (κ2) is 57.2. The van der Waals surface area contributed by atoms with Crippen LogP contribution in [0.3, 0.4) is 0 Å². The summed E-state index contributed by atoms with van der Waals surface area (Å²) in [5.74, 6) is -0.934.